The van der Waals surface area contributed by atoms with Crippen molar-refractivity contribution >= 4 is 46.3 Å². The highest BCUT2D eigenvalue weighted by atomic mass is 35.5. The highest BCUT2D eigenvalue weighted by molar-refractivity contribution is 7.09. The van der Waals surface area contributed by atoms with Gasteiger partial charge in [0.15, 0.2) is 0 Å². The quantitative estimate of drug-likeness (QED) is 0.364. The van der Waals surface area contributed by atoms with Gasteiger partial charge in [0, 0.05) is 23.5 Å². The Hall–Kier alpha value is -3.38. The van der Waals surface area contributed by atoms with Gasteiger partial charge in [0.1, 0.15) is 24.0 Å². The number of amides is 1. The summed E-state index contributed by atoms with van der Waals surface area (Å²) in [7, 11) is 0. The molecular weight excluding hydrogens is 472 g/mol. The lowest BCUT2D eigenvalue weighted by molar-refractivity contribution is -0.112. The molecule has 1 aromatic heterocycles. The number of nitriles is 1. The van der Waals surface area contributed by atoms with Gasteiger partial charge in [0.05, 0.1) is 35.3 Å². The number of hydrogen-bond acceptors (Lipinski definition) is 7. The van der Waals surface area contributed by atoms with Gasteiger partial charge in [-0.05, 0) is 48.9 Å². The highest BCUT2D eigenvalue weighted by Gasteiger charge is 2.18. The third-order valence-electron chi connectivity index (χ3n) is 5.17. The lowest BCUT2D eigenvalue weighted by Gasteiger charge is -2.30. The summed E-state index contributed by atoms with van der Waals surface area (Å²) < 4.78 is 11.2. The van der Waals surface area contributed by atoms with Gasteiger partial charge in [0.2, 0.25) is 0 Å². The normalized spacial score (nSPS) is 13.9. The van der Waals surface area contributed by atoms with E-state index in [2.05, 4.69) is 15.2 Å². The summed E-state index contributed by atoms with van der Waals surface area (Å²) in [6.45, 7) is 4.99. The third kappa shape index (κ3) is 6.14. The number of anilines is 2. The van der Waals surface area contributed by atoms with Crippen LogP contribution in [0.4, 0.5) is 11.4 Å². The number of rotatable bonds is 7. The number of carbonyl (C=O) groups is 1. The Morgan fingerprint density at radius 2 is 2.06 bits per heavy atom. The van der Waals surface area contributed by atoms with Crippen molar-refractivity contribution in [1.29, 1.82) is 5.26 Å². The number of nitrogens with zero attached hydrogens (tertiary/aromatic N) is 3. The van der Waals surface area contributed by atoms with E-state index in [9.17, 15) is 10.1 Å². The minimum atomic E-state index is -0.501. The van der Waals surface area contributed by atoms with Crippen LogP contribution < -0.4 is 15.0 Å². The van der Waals surface area contributed by atoms with Gasteiger partial charge in [-0.1, -0.05) is 23.7 Å². The summed E-state index contributed by atoms with van der Waals surface area (Å²) in [6, 6.07) is 14.5. The van der Waals surface area contributed by atoms with Gasteiger partial charge < -0.3 is 19.7 Å². The number of benzene rings is 2. The molecule has 0 unspecified atom stereocenters. The number of nitrogens with one attached hydrogen (secondary N) is 1. The largest absolute Gasteiger partial charge is 0.487 e. The molecule has 0 radical (unpaired) electrons. The Kier molecular flexibility index (Phi) is 7.80. The summed E-state index contributed by atoms with van der Waals surface area (Å²) in [5.74, 6) is 0.179. The number of thiazole rings is 1. The van der Waals surface area contributed by atoms with E-state index in [4.69, 9.17) is 21.1 Å². The molecule has 174 valence electrons. The molecule has 1 aliphatic heterocycles. The molecule has 34 heavy (non-hydrogen) atoms. The molecule has 7 nitrogen and oxygen atoms in total. The van der Waals surface area contributed by atoms with E-state index in [1.807, 2.05) is 24.4 Å². The van der Waals surface area contributed by atoms with Gasteiger partial charge in [-0.15, -0.1) is 11.3 Å². The summed E-state index contributed by atoms with van der Waals surface area (Å²) in [5.41, 5.74) is 2.98. The fourth-order valence-electron chi connectivity index (χ4n) is 3.49. The first-order valence-electron chi connectivity index (χ1n) is 10.7. The topological polar surface area (TPSA) is 87.5 Å². The Morgan fingerprint density at radius 3 is 2.74 bits per heavy atom. The minimum absolute atomic E-state index is 0.0143. The number of aromatic nitrogens is 1. The van der Waals surface area contributed by atoms with E-state index in [-0.39, 0.29) is 5.57 Å². The van der Waals surface area contributed by atoms with E-state index < -0.39 is 5.91 Å². The Balaban J connectivity index is 1.45. The van der Waals surface area contributed by atoms with Crippen molar-refractivity contribution in [2.24, 2.45) is 0 Å². The molecule has 2 aromatic carbocycles. The van der Waals surface area contributed by atoms with E-state index in [1.165, 1.54) is 0 Å². The smallest absolute Gasteiger partial charge is 0.266 e. The zero-order valence-corrected chi connectivity index (χ0v) is 20.2. The molecule has 0 spiro atoms. The van der Waals surface area contributed by atoms with Crippen LogP contribution in [0, 0.1) is 18.3 Å². The maximum absolute atomic E-state index is 12.9. The van der Waals surface area contributed by atoms with Crippen LogP contribution >= 0.6 is 22.9 Å². The molecule has 2 heterocycles. The number of carbonyl (C=O) groups excluding carboxylic acids is 1. The molecule has 0 saturated carbocycles. The molecule has 1 saturated heterocycles. The Morgan fingerprint density at radius 1 is 1.29 bits per heavy atom. The minimum Gasteiger partial charge on any atom is -0.487 e. The zero-order chi connectivity index (χ0) is 23.9. The maximum Gasteiger partial charge on any atom is 0.266 e. The first-order chi connectivity index (χ1) is 16.5. The average molecular weight is 495 g/mol. The Bertz CT molecular complexity index is 1230. The van der Waals surface area contributed by atoms with Crippen LogP contribution in [-0.4, -0.2) is 37.2 Å². The predicted molar refractivity (Wildman–Crippen MR) is 134 cm³/mol. The predicted octanol–water partition coefficient (Wildman–Crippen LogP) is 5.07. The first-order valence-corrected chi connectivity index (χ1v) is 12.0. The van der Waals surface area contributed by atoms with Crippen LogP contribution in [0.15, 0.2) is 53.4 Å². The lowest BCUT2D eigenvalue weighted by Crippen LogP contribution is -2.36. The molecule has 3 aromatic rings. The van der Waals surface area contributed by atoms with Crippen LogP contribution in [0.5, 0.6) is 5.75 Å². The van der Waals surface area contributed by atoms with Crippen LogP contribution in [-0.2, 0) is 16.1 Å². The van der Waals surface area contributed by atoms with Crippen molar-refractivity contribution in [3.05, 3.63) is 74.7 Å². The Labute approximate surface area is 207 Å². The maximum atomic E-state index is 12.9. The second-order valence-corrected chi connectivity index (χ2v) is 9.10. The van der Waals surface area contributed by atoms with Gasteiger partial charge in [0.25, 0.3) is 5.91 Å². The SMILES string of the molecule is Cc1nc(COc2ccc(/C=C(\C#N)C(=O)Nc3cc(Cl)ccc3N3CCOCC3)cc2)cs1. The summed E-state index contributed by atoms with van der Waals surface area (Å²) in [6.07, 6.45) is 1.54. The van der Waals surface area contributed by atoms with E-state index in [0.717, 1.165) is 16.4 Å². The van der Waals surface area contributed by atoms with Gasteiger partial charge in [-0.2, -0.15) is 5.26 Å². The van der Waals surface area contributed by atoms with E-state index >= 15 is 0 Å². The van der Waals surface area contributed by atoms with Crippen molar-refractivity contribution in [1.82, 2.24) is 4.98 Å². The van der Waals surface area contributed by atoms with E-state index in [0.29, 0.717) is 54.9 Å². The second kappa shape index (κ2) is 11.2. The van der Waals surface area contributed by atoms with Gasteiger partial charge >= 0.3 is 0 Å². The molecule has 9 heteroatoms. The van der Waals surface area contributed by atoms with Crippen molar-refractivity contribution in [3.8, 4) is 11.8 Å². The fourth-order valence-corrected chi connectivity index (χ4v) is 4.25. The molecule has 0 bridgehead atoms. The molecular formula is C25H23ClN4O3S. The number of morpholine rings is 1. The monoisotopic (exact) mass is 494 g/mol. The van der Waals surface area contributed by atoms with E-state index in [1.54, 1.807) is 53.8 Å². The van der Waals surface area contributed by atoms with Gasteiger partial charge in [-0.3, -0.25) is 4.79 Å². The van der Waals surface area contributed by atoms with Crippen molar-refractivity contribution < 1.29 is 14.3 Å². The number of ether oxygens (including phenoxy) is 2. The summed E-state index contributed by atoms with van der Waals surface area (Å²) in [5, 5.41) is 15.9. The zero-order valence-electron chi connectivity index (χ0n) is 18.6. The number of hydrogen-bond donors (Lipinski definition) is 1. The lowest BCUT2D eigenvalue weighted by atomic mass is 10.1. The van der Waals surface area contributed by atoms with Crippen LogP contribution in [0.1, 0.15) is 16.3 Å². The molecule has 4 rings (SSSR count). The molecule has 0 atom stereocenters. The van der Waals surface area contributed by atoms with Crippen molar-refractivity contribution in [2.45, 2.75) is 13.5 Å². The second-order valence-electron chi connectivity index (χ2n) is 7.60. The molecule has 1 amide bonds. The summed E-state index contributed by atoms with van der Waals surface area (Å²) in [4.78, 5) is 19.4. The van der Waals surface area contributed by atoms with Crippen molar-refractivity contribution in [2.75, 3.05) is 36.5 Å². The first kappa shape index (κ1) is 23.8. The number of halogens is 1. The third-order valence-corrected chi connectivity index (χ3v) is 6.23. The van der Waals surface area contributed by atoms with Crippen LogP contribution in [0.25, 0.3) is 6.08 Å². The number of aryl methyl sites for hydroxylation is 1. The fraction of sp³-hybridized carbons (Fsp3) is 0.240. The molecule has 1 aliphatic rings. The average Bonchev–Trinajstić information content (AvgIpc) is 3.27. The standard InChI is InChI=1S/C25H23ClN4O3S/c1-17-28-21(16-34-17)15-33-22-5-2-18(3-6-22)12-19(14-27)25(31)29-23-13-20(26)4-7-24(23)30-8-10-32-11-9-30/h2-7,12-13,16H,8-11,15H2,1H3,(H,29,31)/b19-12+. The van der Waals surface area contributed by atoms with Crippen molar-refractivity contribution in [3.63, 3.8) is 0 Å². The molecule has 1 N–H and O–H groups in total. The van der Waals surface area contributed by atoms with Crippen LogP contribution in [0.3, 0.4) is 0 Å². The highest BCUT2D eigenvalue weighted by Crippen LogP contribution is 2.30. The van der Waals surface area contributed by atoms with Gasteiger partial charge in [-0.25, -0.2) is 4.98 Å². The van der Waals surface area contributed by atoms with Crippen LogP contribution in [0.2, 0.25) is 5.02 Å². The molecule has 1 fully saturated rings. The molecule has 0 aliphatic carbocycles. The summed E-state index contributed by atoms with van der Waals surface area (Å²) >= 11 is 7.75.